The van der Waals surface area contributed by atoms with Gasteiger partial charge in [0.2, 0.25) is 5.91 Å². The number of thiophene rings is 1. The van der Waals surface area contributed by atoms with Crippen molar-refractivity contribution in [2.75, 3.05) is 13.6 Å². The maximum Gasteiger partial charge on any atom is 0.239 e. The number of nitrogens with one attached hydrogen (secondary N) is 3. The quantitative estimate of drug-likeness (QED) is 0.558. The fraction of sp³-hybridized carbons (Fsp3) is 0.333. The van der Waals surface area contributed by atoms with Gasteiger partial charge >= 0.3 is 0 Å². The zero-order chi connectivity index (χ0) is 15.8. The molecule has 0 bridgehead atoms. The van der Waals surface area contributed by atoms with Crippen LogP contribution in [0.3, 0.4) is 0 Å². The third-order valence-electron chi connectivity index (χ3n) is 3.06. The molecule has 1 amide bonds. The van der Waals surface area contributed by atoms with Gasteiger partial charge in [0.1, 0.15) is 5.76 Å². The molecule has 0 aliphatic carbocycles. The Labute approximate surface area is 133 Å². The molecule has 2 heterocycles. The third-order valence-corrected chi connectivity index (χ3v) is 4.09. The number of hydrogen-bond acceptors (Lipinski definition) is 4. The second-order valence-corrected chi connectivity index (χ2v) is 5.66. The molecule has 0 radical (unpaired) electrons. The second-order valence-electron chi connectivity index (χ2n) is 4.66. The number of carbonyl (C=O) groups is 1. The lowest BCUT2D eigenvalue weighted by atomic mass is 10.3. The topological polar surface area (TPSA) is 78.7 Å². The second kappa shape index (κ2) is 8.23. The molecule has 0 saturated carbocycles. The average molecular weight is 320 g/mol. The summed E-state index contributed by atoms with van der Waals surface area (Å²) in [6, 6.07) is 5.69. The molecule has 0 atom stereocenters. The van der Waals surface area contributed by atoms with Gasteiger partial charge in [-0.25, -0.2) is 0 Å². The lowest BCUT2D eigenvalue weighted by Gasteiger charge is -2.11. The summed E-state index contributed by atoms with van der Waals surface area (Å²) in [6.45, 7) is 3.31. The highest BCUT2D eigenvalue weighted by Gasteiger charge is 2.05. The van der Waals surface area contributed by atoms with Gasteiger partial charge in [0.15, 0.2) is 5.96 Å². The number of carbonyl (C=O) groups excluding carboxylic acids is 1. The summed E-state index contributed by atoms with van der Waals surface area (Å²) < 4.78 is 5.15. The highest BCUT2D eigenvalue weighted by Crippen LogP contribution is 2.14. The molecule has 0 aromatic carbocycles. The van der Waals surface area contributed by atoms with Crippen LogP contribution in [0.5, 0.6) is 0 Å². The van der Waals surface area contributed by atoms with Crippen molar-refractivity contribution >= 4 is 23.2 Å². The molecule has 2 aromatic heterocycles. The monoisotopic (exact) mass is 320 g/mol. The van der Waals surface area contributed by atoms with Gasteiger partial charge in [0, 0.05) is 11.9 Å². The van der Waals surface area contributed by atoms with E-state index < -0.39 is 0 Å². The number of hydrogen-bond donors (Lipinski definition) is 3. The molecule has 6 nitrogen and oxygen atoms in total. The Morgan fingerprint density at radius 3 is 2.77 bits per heavy atom. The summed E-state index contributed by atoms with van der Waals surface area (Å²) in [7, 11) is 1.68. The van der Waals surface area contributed by atoms with E-state index in [4.69, 9.17) is 4.42 Å². The van der Waals surface area contributed by atoms with Crippen LogP contribution in [0.2, 0.25) is 0 Å². The molecule has 0 aliphatic rings. The maximum absolute atomic E-state index is 11.7. The molecule has 3 N–H and O–H groups in total. The van der Waals surface area contributed by atoms with Crippen molar-refractivity contribution in [2.45, 2.75) is 20.0 Å². The molecule has 22 heavy (non-hydrogen) atoms. The number of aryl methyl sites for hydroxylation is 1. The molecule has 2 aromatic rings. The molecular formula is C15H20N4O2S. The van der Waals surface area contributed by atoms with Crippen LogP contribution in [0.1, 0.15) is 16.2 Å². The van der Waals surface area contributed by atoms with Crippen molar-refractivity contribution in [2.24, 2.45) is 4.99 Å². The van der Waals surface area contributed by atoms with E-state index in [1.807, 2.05) is 6.07 Å². The van der Waals surface area contributed by atoms with Gasteiger partial charge in [-0.05, 0) is 36.1 Å². The first-order valence-corrected chi connectivity index (χ1v) is 7.83. The van der Waals surface area contributed by atoms with E-state index >= 15 is 0 Å². The number of aliphatic imine (C=N–C) groups is 1. The van der Waals surface area contributed by atoms with Gasteiger partial charge in [-0.2, -0.15) is 0 Å². The summed E-state index contributed by atoms with van der Waals surface area (Å²) >= 11 is 1.70. The van der Waals surface area contributed by atoms with Gasteiger partial charge in [-0.1, -0.05) is 0 Å². The smallest absolute Gasteiger partial charge is 0.239 e. The predicted molar refractivity (Wildman–Crippen MR) is 87.8 cm³/mol. The minimum absolute atomic E-state index is 0.119. The van der Waals surface area contributed by atoms with Crippen LogP contribution in [-0.4, -0.2) is 25.5 Å². The van der Waals surface area contributed by atoms with E-state index in [-0.39, 0.29) is 12.5 Å². The standard InChI is InChI=1S/C15H20N4O2S/c1-11-5-7-22-13(11)9-18-15(16-2)19-10-14(20)17-8-12-4-3-6-21-12/h3-7H,8-10H2,1-2H3,(H,17,20)(H2,16,18,19). The van der Waals surface area contributed by atoms with Crippen molar-refractivity contribution in [3.63, 3.8) is 0 Å². The molecule has 0 spiro atoms. The predicted octanol–water partition coefficient (Wildman–Crippen LogP) is 1.63. The number of rotatable bonds is 6. The average Bonchev–Trinajstić information content (AvgIpc) is 3.17. The molecule has 0 aliphatic heterocycles. The fourth-order valence-electron chi connectivity index (χ4n) is 1.80. The van der Waals surface area contributed by atoms with Gasteiger partial charge < -0.3 is 20.4 Å². The highest BCUT2D eigenvalue weighted by molar-refractivity contribution is 7.10. The first-order chi connectivity index (χ1) is 10.7. The van der Waals surface area contributed by atoms with E-state index in [0.29, 0.717) is 19.0 Å². The Morgan fingerprint density at radius 1 is 1.27 bits per heavy atom. The van der Waals surface area contributed by atoms with Crippen LogP contribution in [0.15, 0.2) is 39.3 Å². The largest absolute Gasteiger partial charge is 0.467 e. The van der Waals surface area contributed by atoms with E-state index in [0.717, 1.165) is 5.76 Å². The van der Waals surface area contributed by atoms with E-state index in [1.165, 1.54) is 10.4 Å². The number of furan rings is 1. The number of nitrogens with zero attached hydrogens (tertiary/aromatic N) is 1. The van der Waals surface area contributed by atoms with Crippen LogP contribution in [0, 0.1) is 6.92 Å². The van der Waals surface area contributed by atoms with Crippen molar-refractivity contribution in [1.29, 1.82) is 0 Å². The van der Waals surface area contributed by atoms with E-state index in [2.05, 4.69) is 39.3 Å². The zero-order valence-electron chi connectivity index (χ0n) is 12.7. The van der Waals surface area contributed by atoms with Gasteiger partial charge in [-0.3, -0.25) is 9.79 Å². The summed E-state index contributed by atoms with van der Waals surface area (Å²) in [4.78, 5) is 17.1. The molecular weight excluding hydrogens is 300 g/mol. The van der Waals surface area contributed by atoms with Crippen molar-refractivity contribution in [3.05, 3.63) is 46.0 Å². The lowest BCUT2D eigenvalue weighted by Crippen LogP contribution is -2.42. The Balaban J connectivity index is 1.69. The van der Waals surface area contributed by atoms with Crippen LogP contribution in [0.25, 0.3) is 0 Å². The van der Waals surface area contributed by atoms with Gasteiger partial charge in [0.05, 0.1) is 25.9 Å². The first kappa shape index (κ1) is 16.1. The molecule has 0 unspecified atom stereocenters. The Morgan fingerprint density at radius 2 is 2.14 bits per heavy atom. The van der Waals surface area contributed by atoms with Gasteiger partial charge in [0.25, 0.3) is 0 Å². The van der Waals surface area contributed by atoms with Crippen LogP contribution in [-0.2, 0) is 17.9 Å². The van der Waals surface area contributed by atoms with Crippen molar-refractivity contribution < 1.29 is 9.21 Å². The SMILES string of the molecule is CN=C(NCC(=O)NCc1ccco1)NCc1sccc1C. The first-order valence-electron chi connectivity index (χ1n) is 6.95. The molecule has 2 rings (SSSR count). The molecule has 0 saturated heterocycles. The van der Waals surface area contributed by atoms with E-state index in [9.17, 15) is 4.79 Å². The van der Waals surface area contributed by atoms with Crippen LogP contribution < -0.4 is 16.0 Å². The highest BCUT2D eigenvalue weighted by atomic mass is 32.1. The molecule has 0 fully saturated rings. The van der Waals surface area contributed by atoms with Gasteiger partial charge in [-0.15, -0.1) is 11.3 Å². The van der Waals surface area contributed by atoms with E-state index in [1.54, 1.807) is 30.7 Å². The summed E-state index contributed by atoms with van der Waals surface area (Å²) in [6.07, 6.45) is 1.58. The fourth-order valence-corrected chi connectivity index (χ4v) is 2.64. The zero-order valence-corrected chi connectivity index (χ0v) is 13.5. The Kier molecular flexibility index (Phi) is 6.02. The summed E-state index contributed by atoms with van der Waals surface area (Å²) in [5, 5.41) is 11.0. The van der Waals surface area contributed by atoms with Crippen molar-refractivity contribution in [3.8, 4) is 0 Å². The minimum Gasteiger partial charge on any atom is -0.467 e. The normalized spacial score (nSPS) is 11.3. The van der Waals surface area contributed by atoms with Crippen LogP contribution in [0.4, 0.5) is 0 Å². The third kappa shape index (κ3) is 4.92. The summed E-state index contributed by atoms with van der Waals surface area (Å²) in [5.74, 6) is 1.21. The minimum atomic E-state index is -0.119. The Bertz CT molecular complexity index is 619. The maximum atomic E-state index is 11.7. The lowest BCUT2D eigenvalue weighted by molar-refractivity contribution is -0.120. The molecule has 7 heteroatoms. The Hall–Kier alpha value is -2.28. The van der Waals surface area contributed by atoms with Crippen molar-refractivity contribution in [1.82, 2.24) is 16.0 Å². The number of amides is 1. The summed E-state index contributed by atoms with van der Waals surface area (Å²) in [5.41, 5.74) is 1.25. The van der Waals surface area contributed by atoms with Crippen LogP contribution >= 0.6 is 11.3 Å². The number of guanidine groups is 1. The molecule has 118 valence electrons.